The molecule has 1 aliphatic rings. The van der Waals surface area contributed by atoms with E-state index in [2.05, 4.69) is 20.4 Å². The van der Waals surface area contributed by atoms with Crippen LogP contribution in [0, 0.1) is 12.3 Å². The lowest BCUT2D eigenvalue weighted by Crippen LogP contribution is -2.34. The van der Waals surface area contributed by atoms with Gasteiger partial charge in [0, 0.05) is 36.8 Å². The molecule has 7 nitrogen and oxygen atoms in total. The van der Waals surface area contributed by atoms with Crippen molar-refractivity contribution in [1.29, 1.82) is 0 Å². The first-order chi connectivity index (χ1) is 13.4. The van der Waals surface area contributed by atoms with Gasteiger partial charge in [-0.15, -0.1) is 11.5 Å². The monoisotopic (exact) mass is 421 g/mol. The molecule has 2 heterocycles. The maximum atomic E-state index is 12.0. The Labute approximate surface area is 169 Å². The van der Waals surface area contributed by atoms with Gasteiger partial charge in [0.25, 0.3) is 0 Å². The van der Waals surface area contributed by atoms with Gasteiger partial charge in [0.2, 0.25) is 0 Å². The molecular formula is C19H23N3O4S2. The zero-order valence-corrected chi connectivity index (χ0v) is 17.6. The van der Waals surface area contributed by atoms with Crippen LogP contribution in [0.5, 0.6) is 11.5 Å². The SMILES string of the molecule is C#CCOc1ccc(CN2CCC[C@@H](c3nnsc3S(C)(=O)=O)C2)cc1OC. The third-order valence-electron chi connectivity index (χ3n) is 4.66. The smallest absolute Gasteiger partial charge is 0.188 e. The van der Waals surface area contributed by atoms with E-state index in [4.69, 9.17) is 15.9 Å². The Kier molecular flexibility index (Phi) is 6.54. The van der Waals surface area contributed by atoms with Gasteiger partial charge in [0.15, 0.2) is 25.5 Å². The van der Waals surface area contributed by atoms with Crippen molar-refractivity contribution >= 4 is 21.4 Å². The maximum absolute atomic E-state index is 12.0. The number of sulfone groups is 1. The third kappa shape index (κ3) is 4.82. The summed E-state index contributed by atoms with van der Waals surface area (Å²) in [6, 6.07) is 5.80. The molecule has 0 amide bonds. The summed E-state index contributed by atoms with van der Waals surface area (Å²) in [5, 5.41) is 4.13. The van der Waals surface area contributed by atoms with Crippen LogP contribution < -0.4 is 9.47 Å². The molecule has 0 N–H and O–H groups in total. The summed E-state index contributed by atoms with van der Waals surface area (Å²) >= 11 is 0.956. The lowest BCUT2D eigenvalue weighted by molar-refractivity contribution is 0.197. The summed E-state index contributed by atoms with van der Waals surface area (Å²) in [6.45, 7) is 2.60. The number of ether oxygens (including phenoxy) is 2. The number of hydrogen-bond acceptors (Lipinski definition) is 8. The molecule has 2 aromatic rings. The summed E-state index contributed by atoms with van der Waals surface area (Å²) in [5.74, 6) is 3.77. The molecule has 1 fully saturated rings. The number of methoxy groups -OCH3 is 1. The van der Waals surface area contributed by atoms with Crippen molar-refractivity contribution in [2.75, 3.05) is 33.1 Å². The van der Waals surface area contributed by atoms with Crippen LogP contribution in [0.2, 0.25) is 0 Å². The molecule has 3 rings (SSSR count). The lowest BCUT2D eigenvalue weighted by Gasteiger charge is -2.32. The molecule has 1 aliphatic heterocycles. The Morgan fingerprint density at radius 1 is 1.39 bits per heavy atom. The number of benzene rings is 1. The van der Waals surface area contributed by atoms with Crippen LogP contribution in [-0.4, -0.2) is 56.0 Å². The second kappa shape index (κ2) is 8.90. The van der Waals surface area contributed by atoms with Crippen LogP contribution in [0.25, 0.3) is 0 Å². The second-order valence-electron chi connectivity index (χ2n) is 6.77. The topological polar surface area (TPSA) is 81.6 Å². The zero-order chi connectivity index (χ0) is 20.1. The fraction of sp³-hybridized carbons (Fsp3) is 0.474. The van der Waals surface area contributed by atoms with E-state index >= 15 is 0 Å². The summed E-state index contributed by atoms with van der Waals surface area (Å²) in [7, 11) is -1.71. The van der Waals surface area contributed by atoms with Crippen molar-refractivity contribution in [3.63, 3.8) is 0 Å². The van der Waals surface area contributed by atoms with Gasteiger partial charge in [0.05, 0.1) is 12.8 Å². The van der Waals surface area contributed by atoms with Crippen molar-refractivity contribution < 1.29 is 17.9 Å². The summed E-state index contributed by atoms with van der Waals surface area (Å²) in [6.07, 6.45) is 8.34. The van der Waals surface area contributed by atoms with E-state index in [1.165, 1.54) is 6.26 Å². The van der Waals surface area contributed by atoms with E-state index in [9.17, 15) is 8.42 Å². The first-order valence-corrected chi connectivity index (χ1v) is 11.6. The normalized spacial score (nSPS) is 17.8. The van der Waals surface area contributed by atoms with Gasteiger partial charge >= 0.3 is 0 Å². The average Bonchev–Trinajstić information content (AvgIpc) is 3.17. The molecule has 9 heteroatoms. The third-order valence-corrected chi connectivity index (χ3v) is 7.21. The van der Waals surface area contributed by atoms with E-state index < -0.39 is 9.84 Å². The quantitative estimate of drug-likeness (QED) is 0.635. The Morgan fingerprint density at radius 2 is 2.21 bits per heavy atom. The number of rotatable bonds is 7. The minimum atomic E-state index is -3.31. The standard InChI is InChI=1S/C19H23N3O4S2/c1-4-10-26-16-8-7-14(11-17(16)25-2)12-22-9-5-6-15(13-22)18-19(27-21-20-18)28(3,23)24/h1,7-8,11,15H,5-6,9-10,12-13H2,2-3H3/t15-/m1/s1. The number of hydrogen-bond donors (Lipinski definition) is 0. The van der Waals surface area contributed by atoms with E-state index in [0.717, 1.165) is 49.6 Å². The Bertz CT molecular complexity index is 966. The molecule has 1 aromatic carbocycles. The highest BCUT2D eigenvalue weighted by atomic mass is 32.2. The Hall–Kier alpha value is -2.15. The molecule has 1 atom stereocenters. The molecule has 28 heavy (non-hydrogen) atoms. The molecule has 1 aromatic heterocycles. The van der Waals surface area contributed by atoms with Gasteiger partial charge in [0.1, 0.15) is 6.61 Å². The van der Waals surface area contributed by atoms with Crippen LogP contribution in [-0.2, 0) is 16.4 Å². The first kappa shape index (κ1) is 20.6. The summed E-state index contributed by atoms with van der Waals surface area (Å²) < 4.78 is 39.0. The predicted octanol–water partition coefficient (Wildman–Crippen LogP) is 2.34. The van der Waals surface area contributed by atoms with Gasteiger partial charge in [-0.05, 0) is 37.1 Å². The van der Waals surface area contributed by atoms with Crippen molar-refractivity contribution in [2.24, 2.45) is 0 Å². The van der Waals surface area contributed by atoms with Gasteiger partial charge < -0.3 is 9.47 Å². The number of terminal acetylenes is 1. The van der Waals surface area contributed by atoms with Crippen LogP contribution >= 0.6 is 11.5 Å². The Morgan fingerprint density at radius 3 is 2.93 bits per heavy atom. The summed E-state index contributed by atoms with van der Waals surface area (Å²) in [5.41, 5.74) is 1.69. The number of likely N-dealkylation sites (tertiary alicyclic amines) is 1. The predicted molar refractivity (Wildman–Crippen MR) is 108 cm³/mol. The largest absolute Gasteiger partial charge is 0.493 e. The van der Waals surface area contributed by atoms with E-state index in [0.29, 0.717) is 17.2 Å². The van der Waals surface area contributed by atoms with Gasteiger partial charge in [-0.2, -0.15) is 0 Å². The minimum absolute atomic E-state index is 0.0670. The van der Waals surface area contributed by atoms with E-state index in [1.807, 2.05) is 18.2 Å². The maximum Gasteiger partial charge on any atom is 0.188 e. The zero-order valence-electron chi connectivity index (χ0n) is 15.9. The second-order valence-corrected chi connectivity index (χ2v) is 9.74. The highest BCUT2D eigenvalue weighted by molar-refractivity contribution is 7.92. The number of piperidine rings is 1. The van der Waals surface area contributed by atoms with Crippen LogP contribution in [0.3, 0.4) is 0 Å². The van der Waals surface area contributed by atoms with Crippen LogP contribution in [0.15, 0.2) is 22.4 Å². The van der Waals surface area contributed by atoms with Gasteiger partial charge in [-0.25, -0.2) is 8.42 Å². The van der Waals surface area contributed by atoms with Crippen molar-refractivity contribution in [1.82, 2.24) is 14.5 Å². The number of aromatic nitrogens is 2. The molecule has 0 saturated carbocycles. The van der Waals surface area contributed by atoms with Gasteiger partial charge in [-0.1, -0.05) is 16.5 Å². The molecule has 0 unspecified atom stereocenters. The molecule has 0 spiro atoms. The molecule has 1 saturated heterocycles. The summed E-state index contributed by atoms with van der Waals surface area (Å²) in [4.78, 5) is 2.30. The number of nitrogens with zero attached hydrogens (tertiary/aromatic N) is 3. The molecule has 0 radical (unpaired) electrons. The fourth-order valence-electron chi connectivity index (χ4n) is 3.42. The molecule has 0 aliphatic carbocycles. The average molecular weight is 422 g/mol. The van der Waals surface area contributed by atoms with Crippen LogP contribution in [0.4, 0.5) is 0 Å². The highest BCUT2D eigenvalue weighted by Gasteiger charge is 2.29. The molecule has 0 bridgehead atoms. The molecular weight excluding hydrogens is 398 g/mol. The van der Waals surface area contributed by atoms with Crippen molar-refractivity contribution in [2.45, 2.75) is 29.5 Å². The minimum Gasteiger partial charge on any atom is -0.493 e. The molecule has 150 valence electrons. The van der Waals surface area contributed by atoms with Crippen molar-refractivity contribution in [3.05, 3.63) is 29.5 Å². The van der Waals surface area contributed by atoms with Gasteiger partial charge in [-0.3, -0.25) is 4.90 Å². The van der Waals surface area contributed by atoms with Crippen molar-refractivity contribution in [3.8, 4) is 23.8 Å². The lowest BCUT2D eigenvalue weighted by atomic mass is 9.95. The van der Waals surface area contributed by atoms with E-state index in [1.54, 1.807) is 7.11 Å². The Balaban J connectivity index is 1.72. The van der Waals surface area contributed by atoms with Crippen LogP contribution in [0.1, 0.15) is 30.0 Å². The first-order valence-electron chi connectivity index (χ1n) is 8.90. The highest BCUT2D eigenvalue weighted by Crippen LogP contribution is 2.33. The fourth-order valence-corrected chi connectivity index (χ4v) is 5.16. The van der Waals surface area contributed by atoms with E-state index in [-0.39, 0.29) is 16.7 Å².